The van der Waals surface area contributed by atoms with Crippen molar-refractivity contribution in [1.29, 1.82) is 0 Å². The van der Waals surface area contributed by atoms with Crippen molar-refractivity contribution < 1.29 is 13.3 Å². The van der Waals surface area contributed by atoms with Crippen molar-refractivity contribution in [2.45, 2.75) is 54.5 Å². The smallest absolute Gasteiger partial charge is 0.258 e. The maximum atomic E-state index is 13.0. The van der Waals surface area contributed by atoms with Gasteiger partial charge in [-0.3, -0.25) is 10.1 Å². The molecule has 0 bridgehead atoms. The summed E-state index contributed by atoms with van der Waals surface area (Å²) in [4.78, 5) is 20.0. The fraction of sp³-hybridized carbons (Fsp3) is 0.421. The molecule has 164 valence electrons. The first-order valence-corrected chi connectivity index (χ1v) is 12.2. The molecule has 0 aliphatic carbocycles. The lowest BCUT2D eigenvalue weighted by Gasteiger charge is -2.20. The zero-order valence-corrected chi connectivity index (χ0v) is 18.8. The molecule has 0 radical (unpaired) electrons. The fourth-order valence-electron chi connectivity index (χ4n) is 3.61. The van der Waals surface area contributed by atoms with Crippen LogP contribution < -0.4 is 0 Å². The van der Waals surface area contributed by atoms with E-state index in [1.54, 1.807) is 4.52 Å². The number of aryl methyl sites for hydroxylation is 2. The van der Waals surface area contributed by atoms with Gasteiger partial charge in [0.2, 0.25) is 15.2 Å². The topological polar surface area (TPSA) is 124 Å². The minimum atomic E-state index is -3.79. The van der Waals surface area contributed by atoms with Crippen molar-refractivity contribution >= 4 is 33.3 Å². The van der Waals surface area contributed by atoms with Crippen molar-refractivity contribution in [3.05, 3.63) is 45.8 Å². The highest BCUT2D eigenvalue weighted by Crippen LogP contribution is 2.35. The Morgan fingerprint density at radius 2 is 1.77 bits per heavy atom. The number of nitro groups is 1. The Morgan fingerprint density at radius 1 is 1.06 bits per heavy atom. The molecule has 1 aliphatic rings. The summed E-state index contributed by atoms with van der Waals surface area (Å²) in [6, 6.07) is 5.86. The first-order valence-electron chi connectivity index (χ1n) is 9.93. The maximum absolute atomic E-state index is 13.0. The van der Waals surface area contributed by atoms with E-state index in [0.29, 0.717) is 24.0 Å². The number of hydrogen-bond acceptors (Lipinski definition) is 8. The van der Waals surface area contributed by atoms with E-state index in [4.69, 9.17) is 0 Å². The highest BCUT2D eigenvalue weighted by atomic mass is 32.2. The number of rotatable bonds is 5. The minimum absolute atomic E-state index is 0.0680. The van der Waals surface area contributed by atoms with Crippen LogP contribution in [0.1, 0.15) is 37.1 Å². The standard InChI is InChI=1S/C19H22N6O4S2/c1-13-11-14(2)24-18(20-13)21-19(22-24)30-17-8-7-15(12-16(17)25(26)27)31(28,29)23-9-5-3-4-6-10-23/h7-8,11-12H,3-6,9-10H2,1-2H3. The van der Waals surface area contributed by atoms with Crippen LogP contribution in [-0.4, -0.2) is 50.3 Å². The van der Waals surface area contributed by atoms with Crippen molar-refractivity contribution in [3.63, 3.8) is 0 Å². The number of fused-ring (bicyclic) bond motifs is 1. The zero-order chi connectivity index (χ0) is 22.2. The van der Waals surface area contributed by atoms with Crippen LogP contribution in [0.3, 0.4) is 0 Å². The van der Waals surface area contributed by atoms with E-state index in [9.17, 15) is 18.5 Å². The Hall–Kier alpha value is -2.57. The summed E-state index contributed by atoms with van der Waals surface area (Å²) in [6.45, 7) is 4.59. The van der Waals surface area contributed by atoms with Crippen LogP contribution in [0.5, 0.6) is 0 Å². The normalized spacial score (nSPS) is 15.8. The van der Waals surface area contributed by atoms with Gasteiger partial charge in [-0.15, -0.1) is 5.10 Å². The molecule has 12 heteroatoms. The maximum Gasteiger partial charge on any atom is 0.284 e. The zero-order valence-electron chi connectivity index (χ0n) is 17.2. The summed E-state index contributed by atoms with van der Waals surface area (Å²) in [5, 5.41) is 16.4. The van der Waals surface area contributed by atoms with E-state index >= 15 is 0 Å². The molecular weight excluding hydrogens is 440 g/mol. The molecule has 10 nitrogen and oxygen atoms in total. The van der Waals surface area contributed by atoms with Crippen LogP contribution in [0.2, 0.25) is 0 Å². The minimum Gasteiger partial charge on any atom is -0.258 e. The second-order valence-corrected chi connectivity index (χ2v) is 10.4. The molecule has 4 rings (SSSR count). The van der Waals surface area contributed by atoms with E-state index in [1.807, 2.05) is 19.9 Å². The quantitative estimate of drug-likeness (QED) is 0.418. The van der Waals surface area contributed by atoms with Gasteiger partial charge in [0.05, 0.1) is 14.7 Å². The first-order chi connectivity index (χ1) is 14.8. The predicted octanol–water partition coefficient (Wildman–Crippen LogP) is 3.37. The molecule has 2 aromatic heterocycles. The van der Waals surface area contributed by atoms with Gasteiger partial charge in [0.1, 0.15) is 0 Å². The third kappa shape index (κ3) is 4.41. The molecule has 0 unspecified atom stereocenters. The predicted molar refractivity (Wildman–Crippen MR) is 115 cm³/mol. The lowest BCUT2D eigenvalue weighted by Crippen LogP contribution is -2.31. The van der Waals surface area contributed by atoms with Crippen LogP contribution in [0.4, 0.5) is 5.69 Å². The van der Waals surface area contributed by atoms with Crippen LogP contribution >= 0.6 is 11.8 Å². The van der Waals surface area contributed by atoms with E-state index in [0.717, 1.165) is 54.9 Å². The van der Waals surface area contributed by atoms with Gasteiger partial charge in [-0.2, -0.15) is 9.29 Å². The Bertz CT molecular complexity index is 1250. The third-order valence-corrected chi connectivity index (χ3v) is 7.95. The molecule has 0 spiro atoms. The van der Waals surface area contributed by atoms with Gasteiger partial charge in [-0.25, -0.2) is 17.9 Å². The monoisotopic (exact) mass is 462 g/mol. The summed E-state index contributed by atoms with van der Waals surface area (Å²) in [6.07, 6.45) is 3.56. The number of nitro benzene ring substituents is 1. The van der Waals surface area contributed by atoms with Gasteiger partial charge in [-0.05, 0) is 56.7 Å². The Kier molecular flexibility index (Phi) is 5.95. The van der Waals surface area contributed by atoms with Gasteiger partial charge in [0.25, 0.3) is 11.5 Å². The Balaban J connectivity index is 1.68. The summed E-state index contributed by atoms with van der Waals surface area (Å²) in [7, 11) is -3.79. The second-order valence-electron chi connectivity index (χ2n) is 7.45. The number of nitrogens with zero attached hydrogens (tertiary/aromatic N) is 6. The highest BCUT2D eigenvalue weighted by molar-refractivity contribution is 7.99. The number of sulfonamides is 1. The van der Waals surface area contributed by atoms with Gasteiger partial charge in [0.15, 0.2) is 0 Å². The molecule has 0 atom stereocenters. The molecule has 1 aromatic carbocycles. The molecule has 3 aromatic rings. The molecule has 0 saturated carbocycles. The van der Waals surface area contributed by atoms with Crippen LogP contribution in [0.25, 0.3) is 5.78 Å². The van der Waals surface area contributed by atoms with E-state index in [-0.39, 0.29) is 15.5 Å². The van der Waals surface area contributed by atoms with Crippen molar-refractivity contribution in [2.24, 2.45) is 0 Å². The summed E-state index contributed by atoms with van der Waals surface area (Å²) < 4.78 is 29.1. The van der Waals surface area contributed by atoms with Gasteiger partial charge < -0.3 is 0 Å². The summed E-state index contributed by atoms with van der Waals surface area (Å²) in [5.41, 5.74) is 1.35. The lowest BCUT2D eigenvalue weighted by molar-refractivity contribution is -0.388. The van der Waals surface area contributed by atoms with E-state index < -0.39 is 14.9 Å². The van der Waals surface area contributed by atoms with Crippen LogP contribution in [-0.2, 0) is 10.0 Å². The second kappa shape index (κ2) is 8.52. The number of hydrogen-bond donors (Lipinski definition) is 0. The average molecular weight is 463 g/mol. The van der Waals surface area contributed by atoms with Crippen molar-refractivity contribution in [3.8, 4) is 0 Å². The summed E-state index contributed by atoms with van der Waals surface area (Å²) >= 11 is 1.01. The first kappa shape index (κ1) is 21.7. The molecule has 1 fully saturated rings. The van der Waals surface area contributed by atoms with Crippen molar-refractivity contribution in [2.75, 3.05) is 13.1 Å². The molecular formula is C19H22N6O4S2. The number of benzene rings is 1. The van der Waals surface area contributed by atoms with Gasteiger partial charge >= 0.3 is 0 Å². The third-order valence-electron chi connectivity index (χ3n) is 5.13. The van der Waals surface area contributed by atoms with Gasteiger partial charge in [-0.1, -0.05) is 12.8 Å². The van der Waals surface area contributed by atoms with Crippen molar-refractivity contribution in [1.82, 2.24) is 23.9 Å². The largest absolute Gasteiger partial charge is 0.284 e. The SMILES string of the molecule is Cc1cc(C)n2nc(Sc3ccc(S(=O)(=O)N4CCCCCC4)cc3[N+](=O)[O-])nc2n1. The van der Waals surface area contributed by atoms with Crippen LogP contribution in [0, 0.1) is 24.0 Å². The molecule has 0 amide bonds. The van der Waals surface area contributed by atoms with Gasteiger partial charge in [0, 0.05) is 30.5 Å². The molecule has 1 saturated heterocycles. The number of aromatic nitrogens is 4. The average Bonchev–Trinajstić information content (AvgIpc) is 2.92. The fourth-order valence-corrected chi connectivity index (χ4v) is 5.97. The molecule has 3 heterocycles. The Labute approximate surface area is 183 Å². The molecule has 0 N–H and O–H groups in total. The highest BCUT2D eigenvalue weighted by Gasteiger charge is 2.28. The summed E-state index contributed by atoms with van der Waals surface area (Å²) in [5.74, 6) is 0.406. The molecule has 31 heavy (non-hydrogen) atoms. The van der Waals surface area contributed by atoms with Crippen LogP contribution in [0.15, 0.2) is 39.2 Å². The van der Waals surface area contributed by atoms with E-state index in [2.05, 4.69) is 15.1 Å². The lowest BCUT2D eigenvalue weighted by atomic mass is 10.2. The molecule has 1 aliphatic heterocycles. The Morgan fingerprint density at radius 3 is 2.45 bits per heavy atom. The van der Waals surface area contributed by atoms with E-state index in [1.165, 1.54) is 16.4 Å².